The van der Waals surface area contributed by atoms with Crippen LogP contribution in [-0.4, -0.2) is 75.5 Å². The van der Waals surface area contributed by atoms with Crippen LogP contribution < -0.4 is 4.74 Å². The Morgan fingerprint density at radius 1 is 0.725 bits per heavy atom. The summed E-state index contributed by atoms with van der Waals surface area (Å²) in [5, 5.41) is 0. The molecule has 0 heterocycles. The predicted molar refractivity (Wildman–Crippen MR) is 110 cm³/mol. The second-order valence-corrected chi connectivity index (χ2v) is 7.79. The van der Waals surface area contributed by atoms with Gasteiger partial charge >= 0.3 is 41.9 Å². The Morgan fingerprint density at radius 3 is 1.80 bits per heavy atom. The molecule has 0 amide bonds. The number of methoxy groups -OCH3 is 1. The predicted octanol–water partition coefficient (Wildman–Crippen LogP) is 6.76. The number of benzene rings is 1. The molecule has 230 valence electrons. The van der Waals surface area contributed by atoms with Crippen molar-refractivity contribution in [2.24, 2.45) is 0 Å². The van der Waals surface area contributed by atoms with Gasteiger partial charge in [-0.15, -0.1) is 0 Å². The first kappa shape index (κ1) is 35.3. The highest BCUT2D eigenvalue weighted by molar-refractivity contribution is 5.87. The van der Waals surface area contributed by atoms with Crippen LogP contribution in [0.2, 0.25) is 0 Å². The summed E-state index contributed by atoms with van der Waals surface area (Å²) in [4.78, 5) is 11.6. The maximum atomic E-state index is 13.7. The summed E-state index contributed by atoms with van der Waals surface area (Å²) in [5.74, 6) is -29.0. The molecule has 0 aliphatic rings. The lowest BCUT2D eigenvalue weighted by molar-refractivity contribution is -0.446. The van der Waals surface area contributed by atoms with Gasteiger partial charge in [0.25, 0.3) is 0 Å². The SMILES string of the molecule is COc1ccc(C=CC(=O)OCCOCCOC(F)(F)C(F)(F)C(F)(F)C(F)(F)C(F)(F)CCC(F)(F)F)cc1. The molecule has 0 bridgehead atoms. The van der Waals surface area contributed by atoms with Crippen molar-refractivity contribution in [3.63, 3.8) is 0 Å². The van der Waals surface area contributed by atoms with Gasteiger partial charge in [-0.25, -0.2) is 4.79 Å². The Labute approximate surface area is 217 Å². The summed E-state index contributed by atoms with van der Waals surface area (Å²) in [6.07, 6.45) is -15.6. The van der Waals surface area contributed by atoms with E-state index in [4.69, 9.17) is 4.74 Å². The van der Waals surface area contributed by atoms with Crippen molar-refractivity contribution in [2.45, 2.75) is 48.8 Å². The molecule has 0 saturated heterocycles. The highest BCUT2D eigenvalue weighted by Crippen LogP contribution is 2.58. The molecule has 40 heavy (non-hydrogen) atoms. The molecule has 5 nitrogen and oxygen atoms in total. The average molecular weight is 612 g/mol. The number of carbonyl (C=O) groups is 1. The molecule has 18 heteroatoms. The van der Waals surface area contributed by atoms with Gasteiger partial charge in [0.1, 0.15) is 12.4 Å². The zero-order chi connectivity index (χ0) is 31.0. The normalized spacial score (nSPS) is 14.1. The van der Waals surface area contributed by atoms with E-state index >= 15 is 0 Å². The summed E-state index contributed by atoms with van der Waals surface area (Å²) < 4.78 is 189. The Balaban J connectivity index is 2.58. The van der Waals surface area contributed by atoms with Crippen molar-refractivity contribution < 1.29 is 80.8 Å². The van der Waals surface area contributed by atoms with E-state index < -0.39 is 81.2 Å². The second kappa shape index (κ2) is 13.3. The fourth-order valence-corrected chi connectivity index (χ4v) is 2.62. The Kier molecular flexibility index (Phi) is 11.7. The Morgan fingerprint density at radius 2 is 1.27 bits per heavy atom. The van der Waals surface area contributed by atoms with E-state index in [0.29, 0.717) is 11.3 Å². The van der Waals surface area contributed by atoms with Crippen LogP contribution in [0.1, 0.15) is 18.4 Å². The number of hydrogen-bond donors (Lipinski definition) is 0. The number of alkyl halides is 13. The molecular weight excluding hydrogens is 591 g/mol. The van der Waals surface area contributed by atoms with E-state index in [2.05, 4.69) is 14.2 Å². The Bertz CT molecular complexity index is 976. The van der Waals surface area contributed by atoms with Crippen molar-refractivity contribution in [3.8, 4) is 5.75 Å². The van der Waals surface area contributed by atoms with Gasteiger partial charge in [-0.05, 0) is 23.8 Å². The van der Waals surface area contributed by atoms with Crippen LogP contribution in [0, 0.1) is 0 Å². The van der Waals surface area contributed by atoms with Crippen LogP contribution in [0.25, 0.3) is 6.08 Å². The third-order valence-corrected chi connectivity index (χ3v) is 4.85. The number of ether oxygens (including phenoxy) is 4. The first-order valence-corrected chi connectivity index (χ1v) is 10.8. The molecule has 0 spiro atoms. The van der Waals surface area contributed by atoms with Gasteiger partial charge in [-0.2, -0.15) is 57.1 Å². The van der Waals surface area contributed by atoms with Crippen LogP contribution >= 0.6 is 0 Å². The van der Waals surface area contributed by atoms with E-state index in [0.717, 1.165) is 6.08 Å². The van der Waals surface area contributed by atoms with Crippen LogP contribution in [0.4, 0.5) is 57.1 Å². The van der Waals surface area contributed by atoms with Crippen molar-refractivity contribution in [1.82, 2.24) is 0 Å². The largest absolute Gasteiger partial charge is 0.497 e. The maximum Gasteiger partial charge on any atom is 0.426 e. The first-order valence-electron chi connectivity index (χ1n) is 10.8. The summed E-state index contributed by atoms with van der Waals surface area (Å²) in [6, 6.07) is 6.39. The van der Waals surface area contributed by atoms with E-state index in [-0.39, 0.29) is 0 Å². The lowest BCUT2D eigenvalue weighted by Crippen LogP contribution is -2.67. The molecule has 0 fully saturated rings. The molecule has 1 rings (SSSR count). The minimum atomic E-state index is -7.56. The summed E-state index contributed by atoms with van der Waals surface area (Å²) in [5.41, 5.74) is 0.581. The molecule has 0 aliphatic carbocycles. The lowest BCUT2D eigenvalue weighted by Gasteiger charge is -2.39. The molecule has 1 aromatic rings. The fraction of sp³-hybridized carbons (Fsp3) is 0.591. The third kappa shape index (κ3) is 8.87. The van der Waals surface area contributed by atoms with Gasteiger partial charge in [0.2, 0.25) is 0 Å². The highest BCUT2D eigenvalue weighted by atomic mass is 19.4. The number of rotatable bonds is 16. The van der Waals surface area contributed by atoms with Crippen LogP contribution in [-0.2, 0) is 19.0 Å². The summed E-state index contributed by atoms with van der Waals surface area (Å²) >= 11 is 0. The van der Waals surface area contributed by atoms with Gasteiger partial charge in [0, 0.05) is 18.9 Å². The topological polar surface area (TPSA) is 54.0 Å². The fourth-order valence-electron chi connectivity index (χ4n) is 2.62. The van der Waals surface area contributed by atoms with Gasteiger partial charge in [0.15, 0.2) is 0 Å². The minimum Gasteiger partial charge on any atom is -0.497 e. The van der Waals surface area contributed by atoms with Gasteiger partial charge < -0.3 is 18.9 Å². The second-order valence-electron chi connectivity index (χ2n) is 7.79. The van der Waals surface area contributed by atoms with E-state index in [1.165, 1.54) is 13.2 Å². The monoisotopic (exact) mass is 612 g/mol. The van der Waals surface area contributed by atoms with Crippen molar-refractivity contribution in [1.29, 1.82) is 0 Å². The highest BCUT2D eigenvalue weighted by Gasteiger charge is 2.86. The van der Waals surface area contributed by atoms with E-state index in [1.54, 1.807) is 24.3 Å². The van der Waals surface area contributed by atoms with Crippen molar-refractivity contribution >= 4 is 12.0 Å². The maximum absolute atomic E-state index is 13.7. The molecule has 1 aromatic carbocycles. The smallest absolute Gasteiger partial charge is 0.426 e. The third-order valence-electron chi connectivity index (χ3n) is 4.85. The lowest BCUT2D eigenvalue weighted by atomic mass is 9.95. The number of hydrogen-bond acceptors (Lipinski definition) is 5. The van der Waals surface area contributed by atoms with Crippen molar-refractivity contribution in [2.75, 3.05) is 33.5 Å². The van der Waals surface area contributed by atoms with Crippen molar-refractivity contribution in [3.05, 3.63) is 35.9 Å². The standard InChI is InChI=1S/C22H21F13O5/c1-37-15-5-2-14(3-6-15)4-7-16(36)39-12-10-38-11-13-40-22(34,35)21(32,33)20(30,31)19(28,29)17(23,24)8-9-18(25,26)27/h2-7H,8-13H2,1H3. The molecular formula is C22H21F13O5. The summed E-state index contributed by atoms with van der Waals surface area (Å²) in [6.45, 7) is -3.82. The number of esters is 1. The zero-order valence-electron chi connectivity index (χ0n) is 20.2. The quantitative estimate of drug-likeness (QED) is 0.0894. The molecule has 0 N–H and O–H groups in total. The molecule has 0 unspecified atom stereocenters. The molecule has 0 saturated carbocycles. The number of carbonyl (C=O) groups excluding carboxylic acids is 1. The summed E-state index contributed by atoms with van der Waals surface area (Å²) in [7, 11) is 1.44. The first-order chi connectivity index (χ1) is 18.1. The van der Waals surface area contributed by atoms with E-state index in [9.17, 15) is 61.9 Å². The van der Waals surface area contributed by atoms with Gasteiger partial charge in [-0.1, -0.05) is 12.1 Å². The van der Waals surface area contributed by atoms with Crippen LogP contribution in [0.15, 0.2) is 30.3 Å². The van der Waals surface area contributed by atoms with Crippen LogP contribution in [0.5, 0.6) is 5.75 Å². The average Bonchev–Trinajstić information content (AvgIpc) is 2.85. The van der Waals surface area contributed by atoms with Crippen LogP contribution in [0.3, 0.4) is 0 Å². The van der Waals surface area contributed by atoms with Gasteiger partial charge in [0.05, 0.1) is 26.9 Å². The molecule has 0 aliphatic heterocycles. The molecule has 0 atom stereocenters. The zero-order valence-corrected chi connectivity index (χ0v) is 20.2. The molecule has 0 aromatic heterocycles. The Hall–Kier alpha value is -2.76. The molecule has 0 radical (unpaired) electrons. The van der Waals surface area contributed by atoms with E-state index in [1.807, 2.05) is 0 Å². The van der Waals surface area contributed by atoms with Gasteiger partial charge in [-0.3, -0.25) is 0 Å². The number of halogens is 13. The minimum absolute atomic E-state index is 0.518.